The van der Waals surface area contributed by atoms with Crippen molar-refractivity contribution in [1.29, 1.82) is 0 Å². The molecule has 0 radical (unpaired) electrons. The quantitative estimate of drug-likeness (QED) is 0.0330. The van der Waals surface area contributed by atoms with E-state index in [1.165, 1.54) is 95.5 Å². The van der Waals surface area contributed by atoms with Crippen LogP contribution in [0.5, 0.6) is 0 Å². The third-order valence-corrected chi connectivity index (χ3v) is 9.75. The van der Waals surface area contributed by atoms with Gasteiger partial charge in [-0.25, -0.2) is 0 Å². The van der Waals surface area contributed by atoms with Crippen molar-refractivity contribution in [2.75, 3.05) is 13.2 Å². The van der Waals surface area contributed by atoms with E-state index in [2.05, 4.69) is 32.2 Å². The van der Waals surface area contributed by atoms with Crippen LogP contribution in [0.2, 0.25) is 0 Å². The zero-order chi connectivity index (χ0) is 37.0. The number of amides is 1. The number of ether oxygens (including phenoxy) is 2. The number of allylic oxidation sites excluding steroid dienone is 3. The number of rotatable bonds is 31. The second-order valence-corrected chi connectivity index (χ2v) is 14.4. The van der Waals surface area contributed by atoms with Gasteiger partial charge in [-0.2, -0.15) is 0 Å². The molecule has 1 aliphatic heterocycles. The van der Waals surface area contributed by atoms with E-state index in [0.717, 1.165) is 32.1 Å². The van der Waals surface area contributed by atoms with Gasteiger partial charge in [0.1, 0.15) is 30.5 Å². The van der Waals surface area contributed by atoms with Crippen LogP contribution in [0, 0.1) is 0 Å². The minimum absolute atomic E-state index is 0.306. The van der Waals surface area contributed by atoms with Gasteiger partial charge >= 0.3 is 0 Å². The number of unbranched alkanes of at least 4 members (excludes halogenated alkanes) is 17. The summed E-state index contributed by atoms with van der Waals surface area (Å²) in [4.78, 5) is 13.0. The molecule has 10 nitrogen and oxygen atoms in total. The van der Waals surface area contributed by atoms with Crippen LogP contribution >= 0.6 is 0 Å². The van der Waals surface area contributed by atoms with E-state index >= 15 is 0 Å². The summed E-state index contributed by atoms with van der Waals surface area (Å²) in [7, 11) is 0. The van der Waals surface area contributed by atoms with E-state index in [1.807, 2.05) is 6.08 Å². The third kappa shape index (κ3) is 21.2. The van der Waals surface area contributed by atoms with Crippen LogP contribution in [0.1, 0.15) is 162 Å². The molecule has 0 aliphatic carbocycles. The molecular formula is C40H75NO9. The van der Waals surface area contributed by atoms with Crippen LogP contribution in [-0.2, 0) is 14.3 Å². The smallest absolute Gasteiger partial charge is 0.249 e. The van der Waals surface area contributed by atoms with Gasteiger partial charge < -0.3 is 45.4 Å². The first kappa shape index (κ1) is 46.7. The lowest BCUT2D eigenvalue weighted by atomic mass is 9.99. The van der Waals surface area contributed by atoms with Gasteiger partial charge in [-0.3, -0.25) is 4.79 Å². The highest BCUT2D eigenvalue weighted by atomic mass is 16.7. The predicted molar refractivity (Wildman–Crippen MR) is 199 cm³/mol. The molecule has 1 fully saturated rings. The molecule has 294 valence electrons. The molecule has 0 spiro atoms. The van der Waals surface area contributed by atoms with Gasteiger partial charge in [0.15, 0.2) is 6.29 Å². The molecule has 1 aliphatic rings. The standard InChI is InChI=1S/C40H75NO9/c1-4-6-8-10-11-12-13-14-15-16-17-18-19-23-28-34(44)39(48)41-32(30-49-40-38(47)37(46)36(45)35(29-42)50-40)33(43)27-24-20-22-26-31(3)25-21-9-7-5-2/h24,26-27,32-38,40,42-47H,4-23,25,28-30H2,1-3H3,(H,41,48)/b27-24+,31-26+/t32-,33+,34+,35+,36+,37-,38+,40+/m0/s1. The van der Waals surface area contributed by atoms with Crippen molar-refractivity contribution < 1.29 is 44.9 Å². The molecule has 10 heteroatoms. The van der Waals surface area contributed by atoms with E-state index in [1.54, 1.807) is 6.08 Å². The monoisotopic (exact) mass is 714 g/mol. The van der Waals surface area contributed by atoms with Gasteiger partial charge in [-0.15, -0.1) is 0 Å². The number of nitrogens with one attached hydrogen (secondary N) is 1. The Morgan fingerprint density at radius 3 is 1.86 bits per heavy atom. The molecule has 0 aromatic carbocycles. The van der Waals surface area contributed by atoms with Crippen molar-refractivity contribution in [3.05, 3.63) is 23.8 Å². The lowest BCUT2D eigenvalue weighted by molar-refractivity contribution is -0.302. The number of carbonyl (C=O) groups excluding carboxylic acids is 1. The Kier molecular flexibility index (Phi) is 28.1. The Bertz CT molecular complexity index is 883. The van der Waals surface area contributed by atoms with Gasteiger partial charge in [-0.05, 0) is 39.0 Å². The molecule has 1 rings (SSSR count). The first-order valence-corrected chi connectivity index (χ1v) is 20.1. The van der Waals surface area contributed by atoms with Gasteiger partial charge in [0.25, 0.3) is 0 Å². The van der Waals surface area contributed by atoms with Crippen molar-refractivity contribution >= 4 is 5.91 Å². The molecule has 1 heterocycles. The van der Waals surface area contributed by atoms with E-state index in [0.29, 0.717) is 19.3 Å². The first-order valence-electron chi connectivity index (χ1n) is 20.1. The van der Waals surface area contributed by atoms with Gasteiger partial charge in [0.2, 0.25) is 5.91 Å². The fourth-order valence-electron chi connectivity index (χ4n) is 6.30. The zero-order valence-corrected chi connectivity index (χ0v) is 31.7. The number of carbonyl (C=O) groups is 1. The molecule has 0 bridgehead atoms. The molecule has 50 heavy (non-hydrogen) atoms. The van der Waals surface area contributed by atoms with Crippen molar-refractivity contribution in [3.8, 4) is 0 Å². The molecule has 1 saturated heterocycles. The number of hydrogen-bond acceptors (Lipinski definition) is 9. The maximum absolute atomic E-state index is 13.0. The fraction of sp³-hybridized carbons (Fsp3) is 0.875. The normalized spacial score (nSPS) is 23.3. The van der Waals surface area contributed by atoms with Crippen LogP contribution < -0.4 is 5.32 Å². The summed E-state index contributed by atoms with van der Waals surface area (Å²) >= 11 is 0. The maximum atomic E-state index is 13.0. The SMILES string of the molecule is CCCCCCCCCCCCCCCC[C@@H](O)C(=O)N[C@@H](CO[C@@H]1O[C@H](CO)[C@@H](O)[C@H](O)[C@H]1O)[C@H](O)/C=C/CC/C=C(\C)CCCCCC. The Hall–Kier alpha value is -1.37. The van der Waals surface area contributed by atoms with Crippen molar-refractivity contribution in [2.45, 2.75) is 211 Å². The average molecular weight is 714 g/mol. The van der Waals surface area contributed by atoms with E-state index in [9.17, 15) is 35.4 Å². The van der Waals surface area contributed by atoms with Gasteiger partial charge in [0.05, 0.1) is 25.4 Å². The van der Waals surface area contributed by atoms with Gasteiger partial charge in [-0.1, -0.05) is 147 Å². The Morgan fingerprint density at radius 1 is 0.760 bits per heavy atom. The first-order chi connectivity index (χ1) is 24.2. The lowest BCUT2D eigenvalue weighted by Crippen LogP contribution is -2.60. The van der Waals surface area contributed by atoms with Crippen molar-refractivity contribution in [3.63, 3.8) is 0 Å². The van der Waals surface area contributed by atoms with E-state index in [4.69, 9.17) is 9.47 Å². The van der Waals surface area contributed by atoms with Crippen molar-refractivity contribution in [1.82, 2.24) is 5.32 Å². The van der Waals surface area contributed by atoms with Gasteiger partial charge in [0, 0.05) is 0 Å². The molecule has 0 unspecified atom stereocenters. The highest BCUT2D eigenvalue weighted by Crippen LogP contribution is 2.22. The molecular weight excluding hydrogens is 638 g/mol. The number of hydrogen-bond donors (Lipinski definition) is 7. The molecule has 7 N–H and O–H groups in total. The average Bonchev–Trinajstić information content (AvgIpc) is 3.11. The summed E-state index contributed by atoms with van der Waals surface area (Å²) in [6, 6.07) is -0.993. The minimum atomic E-state index is -1.61. The third-order valence-electron chi connectivity index (χ3n) is 9.75. The lowest BCUT2D eigenvalue weighted by Gasteiger charge is -2.40. The Morgan fingerprint density at radius 2 is 1.30 bits per heavy atom. The topological polar surface area (TPSA) is 169 Å². The van der Waals surface area contributed by atoms with Crippen LogP contribution in [0.25, 0.3) is 0 Å². The fourth-order valence-corrected chi connectivity index (χ4v) is 6.30. The number of aliphatic hydroxyl groups excluding tert-OH is 6. The maximum Gasteiger partial charge on any atom is 0.249 e. The van der Waals surface area contributed by atoms with E-state index < -0.39 is 61.5 Å². The highest BCUT2D eigenvalue weighted by molar-refractivity contribution is 5.80. The van der Waals surface area contributed by atoms with Crippen LogP contribution in [0.3, 0.4) is 0 Å². The Labute approximate surface area is 303 Å². The molecule has 8 atom stereocenters. The highest BCUT2D eigenvalue weighted by Gasteiger charge is 2.44. The van der Waals surface area contributed by atoms with Crippen LogP contribution in [0.15, 0.2) is 23.8 Å². The van der Waals surface area contributed by atoms with E-state index in [-0.39, 0.29) is 6.61 Å². The summed E-state index contributed by atoms with van der Waals surface area (Å²) in [6.07, 6.45) is 20.7. The summed E-state index contributed by atoms with van der Waals surface area (Å²) in [5.41, 5.74) is 1.35. The number of aliphatic hydroxyl groups is 6. The summed E-state index contributed by atoms with van der Waals surface area (Å²) in [6.45, 7) is 5.66. The summed E-state index contributed by atoms with van der Waals surface area (Å²) in [5, 5.41) is 64.4. The molecule has 0 aromatic heterocycles. The second-order valence-electron chi connectivity index (χ2n) is 14.4. The predicted octanol–water partition coefficient (Wildman–Crippen LogP) is 6.13. The molecule has 0 saturated carbocycles. The Balaban J connectivity index is 2.55. The molecule has 0 aromatic rings. The summed E-state index contributed by atoms with van der Waals surface area (Å²) in [5.74, 6) is -0.629. The van der Waals surface area contributed by atoms with Crippen molar-refractivity contribution in [2.24, 2.45) is 0 Å². The zero-order valence-electron chi connectivity index (χ0n) is 31.7. The molecule has 1 amide bonds. The van der Waals surface area contributed by atoms with Crippen LogP contribution in [0.4, 0.5) is 0 Å². The summed E-state index contributed by atoms with van der Waals surface area (Å²) < 4.78 is 11.1. The second kappa shape index (κ2) is 30.1. The van der Waals surface area contributed by atoms with Crippen LogP contribution in [-0.4, -0.2) is 98.7 Å². The largest absolute Gasteiger partial charge is 0.394 e. The minimum Gasteiger partial charge on any atom is -0.394 e.